The number of carboxylic acids is 2. The Balaban J connectivity index is 0. The van der Waals surface area contributed by atoms with Crippen LogP contribution in [0.2, 0.25) is 0 Å². The van der Waals surface area contributed by atoms with Gasteiger partial charge in [-0.15, -0.1) is 0 Å². The molecule has 0 aliphatic heterocycles. The van der Waals surface area contributed by atoms with Crippen LogP contribution in [-0.4, -0.2) is 22.2 Å². The van der Waals surface area contributed by atoms with Crippen LogP contribution in [0.15, 0.2) is 0 Å². The number of carboxylic acid groups (broad SMARTS) is 2. The zero-order chi connectivity index (χ0) is 7.44. The first-order valence-corrected chi connectivity index (χ1v) is 2.34. The quantitative estimate of drug-likeness (QED) is 0.258. The summed E-state index contributed by atoms with van der Waals surface area (Å²) >= 11 is 0. The summed E-state index contributed by atoms with van der Waals surface area (Å²) in [5, 5.41) is 16.3. The first kappa shape index (κ1) is 12.6. The van der Waals surface area contributed by atoms with E-state index in [9.17, 15) is 9.59 Å². The fourth-order valence-corrected chi connectivity index (χ4v) is 0.391. The molecule has 0 heterocycles. The Hall–Kier alpha value is -0.0600. The van der Waals surface area contributed by atoms with Crippen LogP contribution in [0.1, 0.15) is 6.92 Å². The second-order valence-corrected chi connectivity index (χ2v) is 1.49. The van der Waals surface area contributed by atoms with Gasteiger partial charge in [0.25, 0.3) is 11.9 Å². The molecule has 0 aromatic heterocycles. The van der Waals surface area contributed by atoms with Crippen molar-refractivity contribution in [1.29, 1.82) is 0 Å². The second kappa shape index (κ2) is 5.70. The fraction of sp³-hybridized carbons (Fsp3) is 0.400. The molecule has 52 valence electrons. The van der Waals surface area contributed by atoms with E-state index in [-0.39, 0.29) is 29.6 Å². The van der Waals surface area contributed by atoms with Crippen LogP contribution in [0.3, 0.4) is 0 Å². The van der Waals surface area contributed by atoms with Crippen molar-refractivity contribution in [2.24, 2.45) is 5.92 Å². The molecule has 0 rings (SSSR count). The largest absolute Gasteiger partial charge is 1.00 e. The molecular formula is C5H7NaO4. The molecule has 0 aliphatic rings. The van der Waals surface area contributed by atoms with E-state index in [2.05, 4.69) is 0 Å². The molecule has 0 aliphatic carbocycles. The van der Waals surface area contributed by atoms with Crippen LogP contribution in [0.25, 0.3) is 0 Å². The molecule has 0 unspecified atom stereocenters. The molecule has 0 atom stereocenters. The molecule has 0 aromatic rings. The number of hydrogen-bond acceptors (Lipinski definition) is 2. The predicted molar refractivity (Wildman–Crippen MR) is 28.7 cm³/mol. The van der Waals surface area contributed by atoms with Crippen LogP contribution in [0.4, 0.5) is 0 Å². The maximum atomic E-state index is 9.96. The van der Waals surface area contributed by atoms with Gasteiger partial charge in [0.2, 0.25) is 0 Å². The van der Waals surface area contributed by atoms with Crippen molar-refractivity contribution in [2.45, 2.75) is 6.92 Å². The second-order valence-electron chi connectivity index (χ2n) is 1.49. The molecular weight excluding hydrogens is 147 g/mol. The molecule has 0 bridgehead atoms. The van der Waals surface area contributed by atoms with E-state index in [0.717, 1.165) is 6.42 Å². The Morgan fingerprint density at radius 1 is 1.30 bits per heavy atom. The summed E-state index contributed by atoms with van der Waals surface area (Å²) in [5.41, 5.74) is 0. The van der Waals surface area contributed by atoms with Crippen LogP contribution in [0, 0.1) is 12.3 Å². The Labute approximate surface area is 80.5 Å². The maximum Gasteiger partial charge on any atom is 1.00 e. The average Bonchev–Trinajstić information content (AvgIpc) is 1.64. The van der Waals surface area contributed by atoms with Crippen LogP contribution in [-0.2, 0) is 9.59 Å². The van der Waals surface area contributed by atoms with Crippen molar-refractivity contribution in [3.05, 3.63) is 6.42 Å². The molecule has 0 saturated heterocycles. The zero-order valence-electron chi connectivity index (χ0n) is 5.87. The molecule has 5 heteroatoms. The van der Waals surface area contributed by atoms with Crippen LogP contribution in [0.5, 0.6) is 0 Å². The first-order valence-electron chi connectivity index (χ1n) is 2.34. The summed E-state index contributed by atoms with van der Waals surface area (Å²) in [4.78, 5) is 19.9. The number of hydrogen-bond donors (Lipinski definition) is 2. The minimum absolute atomic E-state index is 0. The molecule has 0 saturated carbocycles. The summed E-state index contributed by atoms with van der Waals surface area (Å²) < 4.78 is 0. The number of rotatable bonds is 3. The summed E-state index contributed by atoms with van der Waals surface area (Å²) in [6, 6.07) is 0. The van der Waals surface area contributed by atoms with E-state index < -0.39 is 17.9 Å². The van der Waals surface area contributed by atoms with Gasteiger partial charge < -0.3 is 16.6 Å². The Morgan fingerprint density at radius 3 is 1.60 bits per heavy atom. The van der Waals surface area contributed by atoms with Crippen molar-refractivity contribution in [1.82, 2.24) is 0 Å². The SMILES string of the molecule is C[CH-]C(C(=O)O)C(=O)O.[Na+]. The van der Waals surface area contributed by atoms with Gasteiger partial charge in [-0.2, -0.15) is 6.92 Å². The smallest absolute Gasteiger partial charge is 0.483 e. The molecule has 4 nitrogen and oxygen atoms in total. The zero-order valence-corrected chi connectivity index (χ0v) is 7.87. The summed E-state index contributed by atoms with van der Waals surface area (Å²) in [5.74, 6) is -4.03. The van der Waals surface area contributed by atoms with E-state index in [1.54, 1.807) is 0 Å². The van der Waals surface area contributed by atoms with Crippen LogP contribution >= 0.6 is 0 Å². The summed E-state index contributed by atoms with van der Waals surface area (Å²) in [6.07, 6.45) is 1.12. The van der Waals surface area contributed by atoms with Gasteiger partial charge >= 0.3 is 29.6 Å². The first-order chi connectivity index (χ1) is 4.09. The third-order valence-electron chi connectivity index (χ3n) is 0.865. The van der Waals surface area contributed by atoms with Gasteiger partial charge in [-0.05, 0) is 0 Å². The molecule has 10 heavy (non-hydrogen) atoms. The van der Waals surface area contributed by atoms with Crippen molar-refractivity contribution < 1.29 is 49.4 Å². The standard InChI is InChI=1S/C5H7O4.Na/c1-2-3(4(6)7)5(8)9;/h2-3H,1H3,(H,6,7)(H,8,9);/q-1;+1. The molecule has 0 aromatic carbocycles. The fourth-order valence-electron chi connectivity index (χ4n) is 0.391. The number of aliphatic carboxylic acids is 2. The maximum absolute atomic E-state index is 9.96. The van der Waals surface area contributed by atoms with Crippen LogP contribution < -0.4 is 29.6 Å². The topological polar surface area (TPSA) is 74.6 Å². The molecule has 0 radical (unpaired) electrons. The van der Waals surface area contributed by atoms with Gasteiger partial charge in [-0.3, -0.25) is 9.59 Å². The van der Waals surface area contributed by atoms with Gasteiger partial charge in [0.05, 0.1) is 0 Å². The normalized spacial score (nSPS) is 8.60. The van der Waals surface area contributed by atoms with E-state index in [4.69, 9.17) is 10.2 Å². The van der Waals surface area contributed by atoms with Crippen molar-refractivity contribution in [3.8, 4) is 0 Å². The minimum atomic E-state index is -1.37. The van der Waals surface area contributed by atoms with Gasteiger partial charge in [-0.1, -0.05) is 0 Å². The Morgan fingerprint density at radius 2 is 1.60 bits per heavy atom. The molecule has 0 amide bonds. The van der Waals surface area contributed by atoms with E-state index in [0.29, 0.717) is 0 Å². The molecule has 0 fully saturated rings. The molecule has 0 spiro atoms. The third kappa shape index (κ3) is 3.87. The predicted octanol–water partition coefficient (Wildman–Crippen LogP) is -3.00. The van der Waals surface area contributed by atoms with Crippen molar-refractivity contribution in [3.63, 3.8) is 0 Å². The summed E-state index contributed by atoms with van der Waals surface area (Å²) in [6.45, 7) is 1.40. The van der Waals surface area contributed by atoms with Gasteiger partial charge in [0.1, 0.15) is 0 Å². The average molecular weight is 154 g/mol. The van der Waals surface area contributed by atoms with E-state index in [1.165, 1.54) is 6.92 Å². The third-order valence-corrected chi connectivity index (χ3v) is 0.865. The van der Waals surface area contributed by atoms with Crippen molar-refractivity contribution >= 4 is 11.9 Å². The van der Waals surface area contributed by atoms with E-state index in [1.807, 2.05) is 0 Å². The minimum Gasteiger partial charge on any atom is -0.483 e. The molecule has 2 N–H and O–H groups in total. The van der Waals surface area contributed by atoms with Gasteiger partial charge in [-0.25, -0.2) is 0 Å². The monoisotopic (exact) mass is 154 g/mol. The Bertz CT molecular complexity index is 120. The number of carbonyl (C=O) groups is 2. The summed E-state index contributed by atoms with van der Waals surface area (Å²) in [7, 11) is 0. The van der Waals surface area contributed by atoms with E-state index >= 15 is 0 Å². The van der Waals surface area contributed by atoms with Crippen molar-refractivity contribution in [2.75, 3.05) is 0 Å². The van der Waals surface area contributed by atoms with Gasteiger partial charge in [0.15, 0.2) is 0 Å². The van der Waals surface area contributed by atoms with Gasteiger partial charge in [0, 0.05) is 5.92 Å². The Kier molecular flexibility index (Phi) is 7.19.